The van der Waals surface area contributed by atoms with Gasteiger partial charge in [-0.1, -0.05) is 12.1 Å². The van der Waals surface area contributed by atoms with Crippen LogP contribution in [0.25, 0.3) is 0 Å². The van der Waals surface area contributed by atoms with Crippen LogP contribution in [-0.2, 0) is 19.9 Å². The van der Waals surface area contributed by atoms with Crippen molar-refractivity contribution in [3.63, 3.8) is 0 Å². The largest absolute Gasteiger partial charge is 0.279 e. The third-order valence-corrected chi connectivity index (χ3v) is 6.13. The lowest BCUT2D eigenvalue weighted by atomic mass is 10.3. The second kappa shape index (κ2) is 5.93. The summed E-state index contributed by atoms with van der Waals surface area (Å²) in [6, 6.07) is 12.1. The highest BCUT2D eigenvalue weighted by Gasteiger charge is 2.16. The first kappa shape index (κ1) is 16.2. The summed E-state index contributed by atoms with van der Waals surface area (Å²) >= 11 is 2.03. The van der Waals surface area contributed by atoms with Crippen LogP contribution < -0.4 is 4.72 Å². The van der Waals surface area contributed by atoms with Crippen LogP contribution >= 0.6 is 22.6 Å². The molecule has 0 unspecified atom stereocenters. The zero-order valence-corrected chi connectivity index (χ0v) is 14.7. The molecule has 0 aliphatic carbocycles. The Balaban J connectivity index is 2.35. The van der Waals surface area contributed by atoms with E-state index in [1.165, 1.54) is 24.3 Å². The molecule has 5 nitrogen and oxygen atoms in total. The van der Waals surface area contributed by atoms with E-state index in [4.69, 9.17) is 0 Å². The van der Waals surface area contributed by atoms with E-state index in [2.05, 4.69) is 4.72 Å². The second-order valence-corrected chi connectivity index (χ2v) is 9.19. The van der Waals surface area contributed by atoms with Gasteiger partial charge in [-0.3, -0.25) is 4.72 Å². The summed E-state index contributed by atoms with van der Waals surface area (Å²) in [5.41, 5.74) is 0.477. The Hall–Kier alpha value is -1.13. The van der Waals surface area contributed by atoms with Crippen LogP contribution in [-0.4, -0.2) is 23.1 Å². The molecule has 112 valence electrons. The maximum Gasteiger partial charge on any atom is 0.261 e. The normalized spacial score (nSPS) is 12.1. The van der Waals surface area contributed by atoms with Gasteiger partial charge < -0.3 is 0 Å². The fourth-order valence-electron chi connectivity index (χ4n) is 1.61. The Morgan fingerprint density at radius 2 is 1.38 bits per heavy atom. The molecule has 0 saturated heterocycles. The SMILES string of the molecule is CS(=O)(=O)c1ccc(S(=O)(=O)Nc2ccccc2I)cc1. The monoisotopic (exact) mass is 437 g/mol. The van der Waals surface area contributed by atoms with Crippen LogP contribution in [0.15, 0.2) is 58.3 Å². The first-order chi connectivity index (χ1) is 9.70. The molecule has 0 heterocycles. The molecule has 8 heteroatoms. The highest BCUT2D eigenvalue weighted by molar-refractivity contribution is 14.1. The van der Waals surface area contributed by atoms with Gasteiger partial charge in [0.2, 0.25) is 0 Å². The average molecular weight is 437 g/mol. The van der Waals surface area contributed by atoms with E-state index in [0.29, 0.717) is 5.69 Å². The number of anilines is 1. The number of para-hydroxylation sites is 1. The minimum absolute atomic E-state index is 0.00885. The van der Waals surface area contributed by atoms with Crippen LogP contribution in [0.3, 0.4) is 0 Å². The standard InChI is InChI=1S/C13H12INO4S2/c1-20(16,17)10-6-8-11(9-7-10)21(18,19)15-13-5-3-2-4-12(13)14/h2-9,15H,1H3. The summed E-state index contributed by atoms with van der Waals surface area (Å²) in [7, 11) is -7.09. The fourth-order valence-corrected chi connectivity index (χ4v) is 4.03. The molecule has 0 radical (unpaired) electrons. The van der Waals surface area contributed by atoms with Crippen molar-refractivity contribution < 1.29 is 16.8 Å². The van der Waals surface area contributed by atoms with Crippen molar-refractivity contribution in [3.05, 3.63) is 52.1 Å². The second-order valence-electron chi connectivity index (χ2n) is 4.33. The highest BCUT2D eigenvalue weighted by atomic mass is 127. The van der Waals surface area contributed by atoms with Crippen molar-refractivity contribution in [2.75, 3.05) is 11.0 Å². The van der Waals surface area contributed by atoms with E-state index >= 15 is 0 Å². The lowest BCUT2D eigenvalue weighted by Crippen LogP contribution is -2.14. The van der Waals surface area contributed by atoms with E-state index in [9.17, 15) is 16.8 Å². The van der Waals surface area contributed by atoms with E-state index in [1.54, 1.807) is 24.3 Å². The Morgan fingerprint density at radius 1 is 0.857 bits per heavy atom. The van der Waals surface area contributed by atoms with Crippen molar-refractivity contribution in [2.45, 2.75) is 9.79 Å². The molecule has 0 bridgehead atoms. The number of nitrogens with one attached hydrogen (secondary N) is 1. The zero-order chi connectivity index (χ0) is 15.7. The summed E-state index contributed by atoms with van der Waals surface area (Å²) in [5, 5.41) is 0. The fraction of sp³-hybridized carbons (Fsp3) is 0.0769. The number of halogens is 1. The predicted octanol–water partition coefficient (Wildman–Crippen LogP) is 2.50. The molecule has 1 N–H and O–H groups in total. The average Bonchev–Trinajstić information content (AvgIpc) is 2.40. The summed E-state index contributed by atoms with van der Waals surface area (Å²) in [5.74, 6) is 0. The molecular formula is C13H12INO4S2. The molecule has 21 heavy (non-hydrogen) atoms. The zero-order valence-electron chi connectivity index (χ0n) is 10.9. The van der Waals surface area contributed by atoms with Crippen LogP contribution in [0.1, 0.15) is 0 Å². The van der Waals surface area contributed by atoms with Gasteiger partial charge >= 0.3 is 0 Å². The van der Waals surface area contributed by atoms with Crippen LogP contribution in [0, 0.1) is 3.57 Å². The van der Waals surface area contributed by atoms with Crippen LogP contribution in [0.5, 0.6) is 0 Å². The molecule has 2 aromatic carbocycles. The van der Waals surface area contributed by atoms with Crippen molar-refractivity contribution >= 4 is 48.1 Å². The van der Waals surface area contributed by atoms with E-state index in [-0.39, 0.29) is 9.79 Å². The van der Waals surface area contributed by atoms with E-state index < -0.39 is 19.9 Å². The third kappa shape index (κ3) is 3.95. The number of hydrogen-bond donors (Lipinski definition) is 1. The smallest absolute Gasteiger partial charge is 0.261 e. The van der Waals surface area contributed by atoms with Crippen molar-refractivity contribution in [1.29, 1.82) is 0 Å². The molecular weight excluding hydrogens is 425 g/mol. The van der Waals surface area contributed by atoms with Gasteiger partial charge in [0.25, 0.3) is 10.0 Å². The van der Waals surface area contributed by atoms with Gasteiger partial charge in [-0.15, -0.1) is 0 Å². The summed E-state index contributed by atoms with van der Waals surface area (Å²) in [4.78, 5) is 0.0882. The summed E-state index contributed by atoms with van der Waals surface area (Å²) in [6.45, 7) is 0. The van der Waals surface area contributed by atoms with E-state index in [0.717, 1.165) is 9.83 Å². The quantitative estimate of drug-likeness (QED) is 0.746. The maximum atomic E-state index is 12.3. The minimum Gasteiger partial charge on any atom is -0.279 e. The molecule has 0 aliphatic heterocycles. The Morgan fingerprint density at radius 3 is 1.90 bits per heavy atom. The number of benzene rings is 2. The highest BCUT2D eigenvalue weighted by Crippen LogP contribution is 2.22. The van der Waals surface area contributed by atoms with Gasteiger partial charge in [0.05, 0.1) is 15.5 Å². The van der Waals surface area contributed by atoms with Gasteiger partial charge in [-0.2, -0.15) is 0 Å². The molecule has 0 atom stereocenters. The van der Waals surface area contributed by atoms with Gasteiger partial charge in [0.15, 0.2) is 9.84 Å². The van der Waals surface area contributed by atoms with Gasteiger partial charge in [0.1, 0.15) is 0 Å². The third-order valence-electron chi connectivity index (χ3n) is 2.68. The van der Waals surface area contributed by atoms with Crippen molar-refractivity contribution in [3.8, 4) is 0 Å². The molecule has 2 rings (SSSR count). The molecule has 0 saturated carbocycles. The molecule has 0 amide bonds. The Bertz CT molecular complexity index is 859. The van der Waals surface area contributed by atoms with Gasteiger partial charge in [-0.05, 0) is 59.0 Å². The number of rotatable bonds is 4. The number of hydrogen-bond acceptors (Lipinski definition) is 4. The Kier molecular flexibility index (Phi) is 4.59. The van der Waals surface area contributed by atoms with E-state index in [1.807, 2.05) is 22.6 Å². The van der Waals surface area contributed by atoms with Crippen LogP contribution in [0.4, 0.5) is 5.69 Å². The van der Waals surface area contributed by atoms with Crippen LogP contribution in [0.2, 0.25) is 0 Å². The number of sulfone groups is 1. The molecule has 2 aromatic rings. The predicted molar refractivity (Wildman–Crippen MR) is 89.5 cm³/mol. The molecule has 0 aliphatic rings. The first-order valence-corrected chi connectivity index (χ1v) is 10.2. The van der Waals surface area contributed by atoms with Gasteiger partial charge in [-0.25, -0.2) is 16.8 Å². The number of sulfonamides is 1. The summed E-state index contributed by atoms with van der Waals surface area (Å²) in [6.07, 6.45) is 1.07. The van der Waals surface area contributed by atoms with Crippen molar-refractivity contribution in [1.82, 2.24) is 0 Å². The Labute approximate surface area is 137 Å². The molecule has 0 spiro atoms. The minimum atomic E-state index is -3.75. The lowest BCUT2D eigenvalue weighted by Gasteiger charge is -2.10. The first-order valence-electron chi connectivity index (χ1n) is 5.77. The lowest BCUT2D eigenvalue weighted by molar-refractivity contribution is 0.597. The topological polar surface area (TPSA) is 80.3 Å². The van der Waals surface area contributed by atoms with Gasteiger partial charge in [0, 0.05) is 9.83 Å². The van der Waals surface area contributed by atoms with Crippen molar-refractivity contribution in [2.24, 2.45) is 0 Å². The maximum absolute atomic E-state index is 12.3. The molecule has 0 fully saturated rings. The molecule has 0 aromatic heterocycles. The summed E-state index contributed by atoms with van der Waals surface area (Å²) < 4.78 is 50.5.